The second-order valence-corrected chi connectivity index (χ2v) is 6.82. The summed E-state index contributed by atoms with van der Waals surface area (Å²) in [5, 5.41) is 3.71. The van der Waals surface area contributed by atoms with Crippen molar-refractivity contribution in [2.45, 2.75) is 24.9 Å². The Labute approximate surface area is 106 Å². The lowest BCUT2D eigenvalue weighted by Crippen LogP contribution is -2.51. The molecule has 5 heteroatoms. The van der Waals surface area contributed by atoms with Gasteiger partial charge < -0.3 is 10.2 Å². The summed E-state index contributed by atoms with van der Waals surface area (Å²) in [4.78, 5) is 13.2. The average molecular weight is 260 g/mol. The first-order valence-corrected chi connectivity index (χ1v) is 8.22. The molecule has 2 rings (SSSR count). The molecular formula is C11H20N2OS2. The summed E-state index contributed by atoms with van der Waals surface area (Å²) in [7, 11) is 1.91. The molecule has 3 nitrogen and oxygen atoms in total. The highest BCUT2D eigenvalue weighted by molar-refractivity contribution is 8.03. The van der Waals surface area contributed by atoms with E-state index in [4.69, 9.17) is 0 Å². The first kappa shape index (κ1) is 12.6. The van der Waals surface area contributed by atoms with Gasteiger partial charge in [-0.2, -0.15) is 23.5 Å². The van der Waals surface area contributed by atoms with Gasteiger partial charge >= 0.3 is 0 Å². The molecule has 0 radical (unpaired) electrons. The molecule has 1 atom stereocenters. The van der Waals surface area contributed by atoms with Crippen molar-refractivity contribution in [3.63, 3.8) is 0 Å². The number of nitrogens with zero attached hydrogens (tertiary/aromatic N) is 1. The third-order valence-electron chi connectivity index (χ3n) is 3.11. The van der Waals surface area contributed by atoms with E-state index in [0.29, 0.717) is 24.4 Å². The molecule has 0 saturated carbocycles. The fourth-order valence-corrected chi connectivity index (χ4v) is 4.62. The highest BCUT2D eigenvalue weighted by atomic mass is 32.2. The van der Waals surface area contributed by atoms with Crippen LogP contribution >= 0.6 is 23.5 Å². The largest absolute Gasteiger partial charge is 0.344 e. The smallest absolute Gasteiger partial charge is 0.222 e. The Hall–Kier alpha value is 0.130. The van der Waals surface area contributed by atoms with E-state index >= 15 is 0 Å². The standard InChI is InChI=1S/C11H20N2OS2/c1-13-6-9(2-3-11(13)14)12-10-7-15-4-5-16-8-10/h9-10,12H,2-8H2,1H3. The zero-order valence-electron chi connectivity index (χ0n) is 9.78. The predicted octanol–water partition coefficient (Wildman–Crippen LogP) is 1.05. The second kappa shape index (κ2) is 6.17. The van der Waals surface area contributed by atoms with Gasteiger partial charge in [0.05, 0.1) is 0 Å². The summed E-state index contributed by atoms with van der Waals surface area (Å²) in [5.74, 6) is 5.31. The van der Waals surface area contributed by atoms with E-state index < -0.39 is 0 Å². The van der Waals surface area contributed by atoms with Crippen LogP contribution in [0.2, 0.25) is 0 Å². The van der Waals surface area contributed by atoms with Crippen molar-refractivity contribution in [3.8, 4) is 0 Å². The van der Waals surface area contributed by atoms with E-state index in [9.17, 15) is 4.79 Å². The summed E-state index contributed by atoms with van der Waals surface area (Å²) >= 11 is 4.10. The van der Waals surface area contributed by atoms with Crippen LogP contribution in [0, 0.1) is 0 Å². The van der Waals surface area contributed by atoms with Crippen LogP contribution in [0.5, 0.6) is 0 Å². The summed E-state index contributed by atoms with van der Waals surface area (Å²) in [5.41, 5.74) is 0. The van der Waals surface area contributed by atoms with E-state index in [1.165, 1.54) is 23.0 Å². The minimum Gasteiger partial charge on any atom is -0.344 e. The van der Waals surface area contributed by atoms with Crippen LogP contribution in [0.25, 0.3) is 0 Å². The van der Waals surface area contributed by atoms with Gasteiger partial charge in [0.15, 0.2) is 0 Å². The number of nitrogens with one attached hydrogen (secondary N) is 1. The summed E-state index contributed by atoms with van der Waals surface area (Å²) < 4.78 is 0. The molecule has 1 amide bonds. The van der Waals surface area contributed by atoms with Crippen LogP contribution in [-0.2, 0) is 4.79 Å². The van der Waals surface area contributed by atoms with Gasteiger partial charge in [-0.3, -0.25) is 4.79 Å². The number of thioether (sulfide) groups is 2. The van der Waals surface area contributed by atoms with E-state index in [1.807, 2.05) is 35.5 Å². The van der Waals surface area contributed by atoms with Gasteiger partial charge in [-0.25, -0.2) is 0 Å². The number of likely N-dealkylation sites (N-methyl/N-ethyl adjacent to an activating group) is 1. The number of carbonyl (C=O) groups is 1. The molecular weight excluding hydrogens is 240 g/mol. The number of likely N-dealkylation sites (tertiary alicyclic amines) is 1. The second-order valence-electron chi connectivity index (χ2n) is 4.52. The van der Waals surface area contributed by atoms with Crippen LogP contribution in [0.3, 0.4) is 0 Å². The molecule has 1 N–H and O–H groups in total. The number of rotatable bonds is 2. The molecule has 0 aromatic carbocycles. The topological polar surface area (TPSA) is 32.3 Å². The fraction of sp³-hybridized carbons (Fsp3) is 0.909. The lowest BCUT2D eigenvalue weighted by molar-refractivity contribution is -0.132. The molecule has 16 heavy (non-hydrogen) atoms. The minimum absolute atomic E-state index is 0.294. The van der Waals surface area contributed by atoms with E-state index in [2.05, 4.69) is 5.32 Å². The SMILES string of the molecule is CN1CC(NC2CSCCSC2)CCC1=O. The zero-order chi connectivity index (χ0) is 11.4. The van der Waals surface area contributed by atoms with Crippen molar-refractivity contribution in [2.24, 2.45) is 0 Å². The minimum atomic E-state index is 0.294. The molecule has 0 aliphatic carbocycles. The van der Waals surface area contributed by atoms with Gasteiger partial charge in [-0.15, -0.1) is 0 Å². The molecule has 1 unspecified atom stereocenters. The Kier molecular flexibility index (Phi) is 4.85. The summed E-state index contributed by atoms with van der Waals surface area (Å²) in [6.07, 6.45) is 1.72. The third kappa shape index (κ3) is 3.57. The number of amides is 1. The van der Waals surface area contributed by atoms with Gasteiger partial charge in [0.25, 0.3) is 0 Å². The fourth-order valence-electron chi connectivity index (χ4n) is 2.19. The highest BCUT2D eigenvalue weighted by Crippen LogP contribution is 2.18. The van der Waals surface area contributed by atoms with Crippen LogP contribution in [0.15, 0.2) is 0 Å². The van der Waals surface area contributed by atoms with Gasteiger partial charge in [0.1, 0.15) is 0 Å². The predicted molar refractivity (Wildman–Crippen MR) is 72.2 cm³/mol. The van der Waals surface area contributed by atoms with Gasteiger partial charge in [-0.1, -0.05) is 0 Å². The van der Waals surface area contributed by atoms with Crippen molar-refractivity contribution < 1.29 is 4.79 Å². The Bertz CT molecular complexity index is 242. The maximum Gasteiger partial charge on any atom is 0.222 e. The molecule has 0 aromatic heterocycles. The lowest BCUT2D eigenvalue weighted by atomic mass is 10.1. The maximum absolute atomic E-state index is 11.4. The van der Waals surface area contributed by atoms with Gasteiger partial charge in [0.2, 0.25) is 5.91 Å². The first-order chi connectivity index (χ1) is 7.75. The molecule has 2 fully saturated rings. The van der Waals surface area contributed by atoms with Crippen molar-refractivity contribution in [1.82, 2.24) is 10.2 Å². The zero-order valence-corrected chi connectivity index (χ0v) is 11.4. The number of carbonyl (C=O) groups excluding carboxylic acids is 1. The van der Waals surface area contributed by atoms with E-state index in [0.717, 1.165) is 13.0 Å². The van der Waals surface area contributed by atoms with Crippen LogP contribution in [-0.4, -0.2) is 59.5 Å². The monoisotopic (exact) mass is 260 g/mol. The Morgan fingerprint density at radius 1 is 1.25 bits per heavy atom. The lowest BCUT2D eigenvalue weighted by Gasteiger charge is -2.32. The summed E-state index contributed by atoms with van der Waals surface area (Å²) in [6, 6.07) is 1.14. The first-order valence-electron chi connectivity index (χ1n) is 5.91. The third-order valence-corrected chi connectivity index (χ3v) is 5.63. The van der Waals surface area contributed by atoms with Crippen LogP contribution in [0.4, 0.5) is 0 Å². The number of hydrogen-bond acceptors (Lipinski definition) is 4. The Balaban J connectivity index is 1.78. The van der Waals surface area contributed by atoms with Crippen molar-refractivity contribution in [2.75, 3.05) is 36.6 Å². The van der Waals surface area contributed by atoms with Gasteiger partial charge in [0, 0.05) is 55.1 Å². The van der Waals surface area contributed by atoms with Crippen LogP contribution in [0.1, 0.15) is 12.8 Å². The molecule has 2 aliphatic heterocycles. The Morgan fingerprint density at radius 2 is 1.94 bits per heavy atom. The van der Waals surface area contributed by atoms with Crippen molar-refractivity contribution in [3.05, 3.63) is 0 Å². The molecule has 0 spiro atoms. The maximum atomic E-state index is 11.4. The van der Waals surface area contributed by atoms with Crippen molar-refractivity contribution in [1.29, 1.82) is 0 Å². The Morgan fingerprint density at radius 3 is 2.56 bits per heavy atom. The highest BCUT2D eigenvalue weighted by Gasteiger charge is 2.25. The molecule has 0 aromatic rings. The number of hydrogen-bond donors (Lipinski definition) is 1. The molecule has 0 bridgehead atoms. The summed E-state index contributed by atoms with van der Waals surface area (Å²) in [6.45, 7) is 0.880. The molecule has 92 valence electrons. The van der Waals surface area contributed by atoms with E-state index in [1.54, 1.807) is 0 Å². The quantitative estimate of drug-likeness (QED) is 0.804. The van der Waals surface area contributed by atoms with E-state index in [-0.39, 0.29) is 0 Å². The van der Waals surface area contributed by atoms with Crippen LogP contribution < -0.4 is 5.32 Å². The normalized spacial score (nSPS) is 29.2. The van der Waals surface area contributed by atoms with Gasteiger partial charge in [-0.05, 0) is 6.42 Å². The number of piperidine rings is 1. The molecule has 2 aliphatic rings. The molecule has 2 saturated heterocycles. The van der Waals surface area contributed by atoms with Crippen molar-refractivity contribution >= 4 is 29.4 Å². The molecule has 2 heterocycles. The average Bonchev–Trinajstić information content (AvgIpc) is 2.52.